The molecule has 0 aromatic heterocycles. The van der Waals surface area contributed by atoms with Crippen molar-refractivity contribution in [3.8, 4) is 0 Å². The third-order valence-corrected chi connectivity index (χ3v) is 2.82. The molecule has 0 saturated heterocycles. The van der Waals surface area contributed by atoms with Crippen molar-refractivity contribution in [2.75, 3.05) is 5.75 Å². The van der Waals surface area contributed by atoms with Crippen LogP contribution in [0.1, 0.15) is 26.7 Å². The van der Waals surface area contributed by atoms with E-state index in [9.17, 15) is 4.21 Å². The fraction of sp³-hybridized carbons (Fsp3) is 1.00. The van der Waals surface area contributed by atoms with E-state index in [0.29, 0.717) is 17.1 Å². The molecule has 1 rings (SSSR count). The van der Waals surface area contributed by atoms with E-state index >= 15 is 0 Å². The molecule has 3 heteroatoms. The van der Waals surface area contributed by atoms with Gasteiger partial charge in [-0.3, -0.25) is 0 Å². The Balaban J connectivity index is 2.21. The van der Waals surface area contributed by atoms with Gasteiger partial charge in [0.15, 0.2) is 11.1 Å². The van der Waals surface area contributed by atoms with Crippen LogP contribution in [0.2, 0.25) is 0 Å². The van der Waals surface area contributed by atoms with Gasteiger partial charge in [-0.25, -0.2) is 4.21 Å². The van der Waals surface area contributed by atoms with Crippen LogP contribution in [-0.4, -0.2) is 14.5 Å². The Morgan fingerprint density at radius 1 is 1.60 bits per heavy atom. The highest BCUT2D eigenvalue weighted by atomic mass is 32.2. The van der Waals surface area contributed by atoms with Gasteiger partial charge in [0.25, 0.3) is 0 Å². The second-order valence-electron chi connectivity index (χ2n) is 3.93. The standard InChI is InChI=1S/C7H14O2S/c1-7(2)3-6(4-7)5-10(8)9/h6H,3-5H2,1-2H3,(H,8,9). The van der Waals surface area contributed by atoms with Crippen molar-refractivity contribution in [1.29, 1.82) is 0 Å². The summed E-state index contributed by atoms with van der Waals surface area (Å²) >= 11 is -1.58. The quantitative estimate of drug-likeness (QED) is 0.627. The average Bonchev–Trinajstić information content (AvgIpc) is 1.57. The summed E-state index contributed by atoms with van der Waals surface area (Å²) in [5.41, 5.74) is 0.435. The Hall–Kier alpha value is 0.110. The van der Waals surface area contributed by atoms with Gasteiger partial charge >= 0.3 is 0 Å². The topological polar surface area (TPSA) is 37.3 Å². The summed E-state index contributed by atoms with van der Waals surface area (Å²) in [7, 11) is 0. The molecule has 0 amide bonds. The van der Waals surface area contributed by atoms with Gasteiger partial charge in [-0.05, 0) is 24.2 Å². The van der Waals surface area contributed by atoms with Gasteiger partial charge in [0.1, 0.15) is 0 Å². The van der Waals surface area contributed by atoms with Crippen LogP contribution < -0.4 is 0 Å². The fourth-order valence-electron chi connectivity index (χ4n) is 1.82. The van der Waals surface area contributed by atoms with Gasteiger partial charge in [-0.1, -0.05) is 13.8 Å². The Labute approximate surface area is 64.3 Å². The molecule has 1 atom stereocenters. The average molecular weight is 162 g/mol. The van der Waals surface area contributed by atoms with Gasteiger partial charge in [-0.2, -0.15) is 0 Å². The molecule has 10 heavy (non-hydrogen) atoms. The lowest BCUT2D eigenvalue weighted by Gasteiger charge is -2.42. The third-order valence-electron chi connectivity index (χ3n) is 2.06. The maximum atomic E-state index is 10.3. The van der Waals surface area contributed by atoms with E-state index in [1.807, 2.05) is 0 Å². The van der Waals surface area contributed by atoms with Crippen LogP contribution in [0.15, 0.2) is 0 Å². The molecule has 0 aliphatic heterocycles. The Morgan fingerprint density at radius 2 is 2.10 bits per heavy atom. The normalized spacial score (nSPS) is 27.5. The minimum atomic E-state index is -1.58. The molecule has 1 unspecified atom stereocenters. The molecule has 2 nitrogen and oxygen atoms in total. The largest absolute Gasteiger partial charge is 0.306 e. The summed E-state index contributed by atoms with van der Waals surface area (Å²) < 4.78 is 18.9. The molecule has 1 fully saturated rings. The lowest BCUT2D eigenvalue weighted by atomic mass is 9.65. The molecule has 0 radical (unpaired) electrons. The monoisotopic (exact) mass is 162 g/mol. The maximum absolute atomic E-state index is 10.3. The van der Waals surface area contributed by atoms with Crippen molar-refractivity contribution in [2.24, 2.45) is 11.3 Å². The third kappa shape index (κ3) is 2.06. The van der Waals surface area contributed by atoms with Crippen molar-refractivity contribution >= 4 is 11.1 Å². The van der Waals surface area contributed by atoms with Gasteiger partial charge in [0, 0.05) is 0 Å². The smallest absolute Gasteiger partial charge is 0.153 e. The summed E-state index contributed by atoms with van der Waals surface area (Å²) in [6.07, 6.45) is 2.22. The highest BCUT2D eigenvalue weighted by Gasteiger charge is 2.36. The summed E-state index contributed by atoms with van der Waals surface area (Å²) in [6, 6.07) is 0. The van der Waals surface area contributed by atoms with Crippen molar-refractivity contribution < 1.29 is 8.76 Å². The lowest BCUT2D eigenvalue weighted by molar-refractivity contribution is 0.113. The first-order valence-corrected chi connectivity index (χ1v) is 4.85. The molecule has 1 N–H and O–H groups in total. The zero-order chi connectivity index (χ0) is 7.78. The molecule has 0 heterocycles. The molecule has 0 aromatic carbocycles. The second-order valence-corrected chi connectivity index (χ2v) is 4.90. The SMILES string of the molecule is CC1(C)CC(CS(=O)O)C1. The van der Waals surface area contributed by atoms with E-state index in [0.717, 1.165) is 12.8 Å². The zero-order valence-corrected chi connectivity index (χ0v) is 7.28. The summed E-state index contributed by atoms with van der Waals surface area (Å²) in [4.78, 5) is 0. The second kappa shape index (κ2) is 2.62. The highest BCUT2D eigenvalue weighted by Crippen LogP contribution is 2.44. The van der Waals surface area contributed by atoms with E-state index in [2.05, 4.69) is 13.8 Å². The summed E-state index contributed by atoms with van der Waals surface area (Å²) in [5.74, 6) is 0.976. The van der Waals surface area contributed by atoms with Gasteiger partial charge in [0.2, 0.25) is 0 Å². The summed E-state index contributed by atoms with van der Waals surface area (Å²) in [5, 5.41) is 0. The fourth-order valence-corrected chi connectivity index (χ4v) is 2.46. The van der Waals surface area contributed by atoms with Crippen LogP contribution >= 0.6 is 0 Å². The molecule has 60 valence electrons. The van der Waals surface area contributed by atoms with Crippen LogP contribution in [0.25, 0.3) is 0 Å². The first-order valence-electron chi connectivity index (χ1n) is 3.57. The Kier molecular flexibility index (Phi) is 2.15. The summed E-state index contributed by atoms with van der Waals surface area (Å²) in [6.45, 7) is 4.40. The maximum Gasteiger partial charge on any atom is 0.153 e. The molecular formula is C7H14O2S. The van der Waals surface area contributed by atoms with Gasteiger partial charge < -0.3 is 4.55 Å². The number of rotatable bonds is 2. The minimum absolute atomic E-state index is 0.435. The van der Waals surface area contributed by atoms with E-state index in [4.69, 9.17) is 4.55 Å². The first-order chi connectivity index (χ1) is 4.49. The molecule has 0 spiro atoms. The molecular weight excluding hydrogens is 148 g/mol. The van der Waals surface area contributed by atoms with Crippen molar-refractivity contribution in [2.45, 2.75) is 26.7 Å². The van der Waals surface area contributed by atoms with Crippen LogP contribution in [0, 0.1) is 11.3 Å². The number of hydrogen-bond acceptors (Lipinski definition) is 1. The molecule has 1 aliphatic rings. The van der Waals surface area contributed by atoms with Gasteiger partial charge in [0.05, 0.1) is 5.75 Å². The van der Waals surface area contributed by atoms with Crippen molar-refractivity contribution in [3.05, 3.63) is 0 Å². The van der Waals surface area contributed by atoms with E-state index < -0.39 is 11.1 Å². The Bertz CT molecular complexity index is 146. The van der Waals surface area contributed by atoms with Crippen LogP contribution in [0.3, 0.4) is 0 Å². The van der Waals surface area contributed by atoms with Crippen molar-refractivity contribution in [1.82, 2.24) is 0 Å². The van der Waals surface area contributed by atoms with Crippen LogP contribution in [0.5, 0.6) is 0 Å². The van der Waals surface area contributed by atoms with Crippen molar-refractivity contribution in [3.63, 3.8) is 0 Å². The molecule has 0 bridgehead atoms. The highest BCUT2D eigenvalue weighted by molar-refractivity contribution is 7.79. The van der Waals surface area contributed by atoms with E-state index in [-0.39, 0.29) is 0 Å². The predicted molar refractivity (Wildman–Crippen MR) is 42.1 cm³/mol. The van der Waals surface area contributed by atoms with Gasteiger partial charge in [-0.15, -0.1) is 0 Å². The molecule has 1 aliphatic carbocycles. The zero-order valence-electron chi connectivity index (χ0n) is 6.46. The first kappa shape index (κ1) is 8.21. The minimum Gasteiger partial charge on any atom is -0.306 e. The van der Waals surface area contributed by atoms with E-state index in [1.54, 1.807) is 0 Å². The number of hydrogen-bond donors (Lipinski definition) is 1. The van der Waals surface area contributed by atoms with Crippen LogP contribution in [-0.2, 0) is 11.1 Å². The molecule has 1 saturated carbocycles. The predicted octanol–water partition coefficient (Wildman–Crippen LogP) is 1.64. The van der Waals surface area contributed by atoms with Crippen LogP contribution in [0.4, 0.5) is 0 Å². The lowest BCUT2D eigenvalue weighted by Crippen LogP contribution is -2.34. The Morgan fingerprint density at radius 3 is 2.40 bits per heavy atom. The van der Waals surface area contributed by atoms with E-state index in [1.165, 1.54) is 0 Å². The molecule has 0 aromatic rings.